The molecule has 1 aliphatic heterocycles. The number of fused-ring (bicyclic) bond motifs is 1. The monoisotopic (exact) mass is 295 g/mol. The molecule has 106 valence electrons. The fraction of sp³-hybridized carbons (Fsp3) is 0.455. The summed E-state index contributed by atoms with van der Waals surface area (Å²) in [6.45, 7) is 0.306. The number of aliphatic hydroxyl groups excluding tert-OH is 1. The summed E-state index contributed by atoms with van der Waals surface area (Å²) in [5, 5.41) is 10.1. The molecule has 1 saturated heterocycles. The maximum atomic E-state index is 10.1. The molecule has 1 aliphatic rings. The third-order valence-electron chi connectivity index (χ3n) is 3.18. The molecule has 2 unspecified atom stereocenters. The molecule has 2 aromatic heterocycles. The van der Waals surface area contributed by atoms with Crippen LogP contribution in [0, 0.1) is 0 Å². The molecule has 3 atom stereocenters. The zero-order valence-corrected chi connectivity index (χ0v) is 11.2. The van der Waals surface area contributed by atoms with Crippen LogP contribution in [0.15, 0.2) is 12.7 Å². The van der Waals surface area contributed by atoms with E-state index in [4.69, 9.17) is 15.2 Å². The minimum absolute atomic E-state index is 0.231. The van der Waals surface area contributed by atoms with E-state index >= 15 is 0 Å². The van der Waals surface area contributed by atoms with E-state index < -0.39 is 12.3 Å². The van der Waals surface area contributed by atoms with Gasteiger partial charge in [-0.15, -0.1) is 0 Å². The highest BCUT2D eigenvalue weighted by Gasteiger charge is 2.36. The number of aliphatic hydroxyl groups is 1. The summed E-state index contributed by atoms with van der Waals surface area (Å²) in [5.74, 6) is 0.293. The van der Waals surface area contributed by atoms with Crippen LogP contribution >= 0.6 is 12.2 Å². The molecule has 0 radical (unpaired) electrons. The first-order valence-electron chi connectivity index (χ1n) is 6.02. The Balaban J connectivity index is 1.88. The summed E-state index contributed by atoms with van der Waals surface area (Å²) in [5.41, 5.74) is 7.93. The smallest absolute Gasteiger partial charge is 0.167 e. The van der Waals surface area contributed by atoms with Crippen LogP contribution in [-0.4, -0.2) is 49.0 Å². The lowest BCUT2D eigenvalue weighted by Crippen LogP contribution is -2.19. The van der Waals surface area contributed by atoms with Crippen molar-refractivity contribution in [3.8, 4) is 0 Å². The summed E-state index contributed by atoms with van der Waals surface area (Å²) >= 11 is 4.59. The van der Waals surface area contributed by atoms with Gasteiger partial charge in [0, 0.05) is 6.42 Å². The van der Waals surface area contributed by atoms with E-state index in [0.29, 0.717) is 30.0 Å². The average molecular weight is 295 g/mol. The first-order valence-corrected chi connectivity index (χ1v) is 6.49. The molecule has 0 aromatic carbocycles. The lowest BCUT2D eigenvalue weighted by molar-refractivity contribution is -0.0461. The number of hydrogen-bond acceptors (Lipinski definition) is 8. The van der Waals surface area contributed by atoms with Crippen LogP contribution in [0.25, 0.3) is 11.2 Å². The van der Waals surface area contributed by atoms with Crippen LogP contribution in [-0.2, 0) is 9.47 Å². The average Bonchev–Trinajstić information content (AvgIpc) is 3.01. The second-order valence-electron chi connectivity index (χ2n) is 4.46. The molecule has 3 N–H and O–H groups in total. The zero-order valence-electron chi connectivity index (χ0n) is 10.4. The lowest BCUT2D eigenvalue weighted by atomic mass is 10.2. The molecule has 9 heteroatoms. The van der Waals surface area contributed by atoms with Crippen molar-refractivity contribution in [2.45, 2.75) is 24.9 Å². The Bertz CT molecular complexity index is 634. The largest absolute Gasteiger partial charge is 0.487 e. The summed E-state index contributed by atoms with van der Waals surface area (Å²) in [4.78, 5) is 12.2. The van der Waals surface area contributed by atoms with Gasteiger partial charge in [0.2, 0.25) is 0 Å². The molecule has 0 saturated carbocycles. The fourth-order valence-electron chi connectivity index (χ4n) is 2.29. The first kappa shape index (κ1) is 13.2. The number of rotatable bonds is 4. The van der Waals surface area contributed by atoms with Gasteiger partial charge in [-0.3, -0.25) is 4.57 Å². The number of imidazole rings is 1. The Labute approximate surface area is 119 Å². The third kappa shape index (κ3) is 2.19. The van der Waals surface area contributed by atoms with E-state index in [9.17, 15) is 5.11 Å². The van der Waals surface area contributed by atoms with Gasteiger partial charge >= 0.3 is 0 Å². The quantitative estimate of drug-likeness (QED) is 0.761. The summed E-state index contributed by atoms with van der Waals surface area (Å²) in [6.07, 6.45) is 1.85. The van der Waals surface area contributed by atoms with Gasteiger partial charge in [-0.25, -0.2) is 15.0 Å². The van der Waals surface area contributed by atoms with Gasteiger partial charge in [0.25, 0.3) is 0 Å². The Kier molecular flexibility index (Phi) is 3.47. The van der Waals surface area contributed by atoms with Crippen molar-refractivity contribution < 1.29 is 14.6 Å². The highest BCUT2D eigenvalue weighted by atomic mass is 32.1. The fourth-order valence-corrected chi connectivity index (χ4v) is 2.37. The van der Waals surface area contributed by atoms with Crippen molar-refractivity contribution >= 4 is 34.8 Å². The molecule has 20 heavy (non-hydrogen) atoms. The van der Waals surface area contributed by atoms with Gasteiger partial charge in [0.1, 0.15) is 30.1 Å². The summed E-state index contributed by atoms with van der Waals surface area (Å²) < 4.78 is 12.4. The highest BCUT2D eigenvalue weighted by Crippen LogP contribution is 2.31. The van der Waals surface area contributed by atoms with E-state index in [0.717, 1.165) is 0 Å². The standard InChI is InChI=1S/C11H13N5O3S/c12-9-8-10(14-3-13-9)16(4-15-8)11-7(17)1-6(19-11)2-18-5-20/h3-7,11,17H,1-2H2,(H2,12,13,14)/t6?,7-,11?/m1/s1. The number of nitrogen functional groups attached to an aromatic ring is 1. The molecule has 0 amide bonds. The van der Waals surface area contributed by atoms with Crippen LogP contribution < -0.4 is 5.73 Å². The highest BCUT2D eigenvalue weighted by molar-refractivity contribution is 7.78. The van der Waals surface area contributed by atoms with E-state index in [-0.39, 0.29) is 6.10 Å². The number of aromatic nitrogens is 4. The van der Waals surface area contributed by atoms with Gasteiger partial charge in [-0.2, -0.15) is 0 Å². The second-order valence-corrected chi connectivity index (χ2v) is 4.66. The lowest BCUT2D eigenvalue weighted by Gasteiger charge is -2.16. The zero-order chi connectivity index (χ0) is 14.1. The molecule has 0 aliphatic carbocycles. The molecule has 1 fully saturated rings. The Morgan fingerprint density at radius 2 is 2.40 bits per heavy atom. The van der Waals surface area contributed by atoms with Crippen molar-refractivity contribution in [1.82, 2.24) is 19.5 Å². The third-order valence-corrected chi connectivity index (χ3v) is 3.31. The Morgan fingerprint density at radius 1 is 1.55 bits per heavy atom. The van der Waals surface area contributed by atoms with Crippen LogP contribution in [0.1, 0.15) is 12.6 Å². The second kappa shape index (κ2) is 5.27. The molecule has 0 spiro atoms. The minimum Gasteiger partial charge on any atom is -0.487 e. The van der Waals surface area contributed by atoms with Gasteiger partial charge in [0.15, 0.2) is 17.7 Å². The Hall–Kier alpha value is -1.84. The van der Waals surface area contributed by atoms with Crippen molar-refractivity contribution in [3.05, 3.63) is 12.7 Å². The number of anilines is 1. The van der Waals surface area contributed by atoms with Crippen LogP contribution in [0.3, 0.4) is 0 Å². The minimum atomic E-state index is -0.678. The number of ether oxygens (including phenoxy) is 2. The van der Waals surface area contributed by atoms with E-state index in [1.165, 1.54) is 18.2 Å². The van der Waals surface area contributed by atoms with Crippen LogP contribution in [0.2, 0.25) is 0 Å². The maximum absolute atomic E-state index is 10.1. The first-order chi connectivity index (χ1) is 9.70. The van der Waals surface area contributed by atoms with Gasteiger partial charge in [-0.1, -0.05) is 0 Å². The van der Waals surface area contributed by atoms with E-state index in [1.807, 2.05) is 0 Å². The Morgan fingerprint density at radius 3 is 3.20 bits per heavy atom. The topological polar surface area (TPSA) is 108 Å². The number of hydrogen-bond donors (Lipinski definition) is 2. The molecule has 3 heterocycles. The van der Waals surface area contributed by atoms with E-state index in [1.54, 1.807) is 4.57 Å². The summed E-state index contributed by atoms with van der Waals surface area (Å²) in [7, 11) is 0. The van der Waals surface area contributed by atoms with Gasteiger partial charge in [0.05, 0.1) is 12.4 Å². The van der Waals surface area contributed by atoms with Crippen molar-refractivity contribution in [2.75, 3.05) is 12.3 Å². The van der Waals surface area contributed by atoms with Crippen LogP contribution in [0.4, 0.5) is 5.82 Å². The normalized spacial score (nSPS) is 25.9. The molecule has 2 aromatic rings. The van der Waals surface area contributed by atoms with Gasteiger partial charge in [-0.05, 0) is 12.2 Å². The molecule has 0 bridgehead atoms. The number of nitrogens with two attached hydrogens (primary N) is 1. The van der Waals surface area contributed by atoms with Gasteiger partial charge < -0.3 is 20.3 Å². The van der Waals surface area contributed by atoms with Crippen molar-refractivity contribution in [2.24, 2.45) is 0 Å². The molecule has 3 rings (SSSR count). The predicted molar refractivity (Wildman–Crippen MR) is 73.9 cm³/mol. The molecule has 8 nitrogen and oxygen atoms in total. The number of nitrogens with zero attached hydrogens (tertiary/aromatic N) is 4. The van der Waals surface area contributed by atoms with Crippen molar-refractivity contribution in [3.63, 3.8) is 0 Å². The molecular weight excluding hydrogens is 282 g/mol. The van der Waals surface area contributed by atoms with Crippen LogP contribution in [0.5, 0.6) is 0 Å². The number of thiocarbonyl (C=S) groups is 1. The van der Waals surface area contributed by atoms with Crippen molar-refractivity contribution in [1.29, 1.82) is 0 Å². The predicted octanol–water partition coefficient (Wildman–Crippen LogP) is 0.0307. The SMILES string of the molecule is Nc1ncnc2c1ncn2C1OC(COC=S)C[C@H]1O. The maximum Gasteiger partial charge on any atom is 0.167 e. The summed E-state index contributed by atoms with van der Waals surface area (Å²) in [6, 6.07) is 0. The molecular formula is C11H13N5O3S. The van der Waals surface area contributed by atoms with E-state index in [2.05, 4.69) is 27.2 Å².